The fourth-order valence-corrected chi connectivity index (χ4v) is 4.00. The standard InChI is InChI=1S/C30H42N2O/c1-29(2,3)27-20-24(21-28(22-27)30(4,5)6)23-32-17-12-26(13-18-32)25-10-15-31(16-11-25)14-8-7-9-19-33/h10-13,15-18,20-22,33H,7-9,14,19,23H2,1-6H3/q+2. The molecule has 3 heteroatoms. The zero-order valence-electron chi connectivity index (χ0n) is 21.4. The lowest BCUT2D eigenvalue weighted by atomic mass is 9.79. The Kier molecular flexibility index (Phi) is 8.07. The Labute approximate surface area is 200 Å². The number of aliphatic hydroxyl groups excluding tert-OH is 1. The summed E-state index contributed by atoms with van der Waals surface area (Å²) in [5, 5.41) is 8.91. The molecule has 0 amide bonds. The number of aryl methyl sites for hydroxylation is 1. The van der Waals surface area contributed by atoms with Crippen molar-refractivity contribution in [3.63, 3.8) is 0 Å². The van der Waals surface area contributed by atoms with Crippen LogP contribution in [0.4, 0.5) is 0 Å². The van der Waals surface area contributed by atoms with Gasteiger partial charge in [0.2, 0.25) is 0 Å². The van der Waals surface area contributed by atoms with Crippen LogP contribution in [-0.4, -0.2) is 11.7 Å². The van der Waals surface area contributed by atoms with Gasteiger partial charge in [-0.1, -0.05) is 47.6 Å². The Balaban J connectivity index is 1.73. The zero-order chi connectivity index (χ0) is 24.1. The van der Waals surface area contributed by atoms with E-state index in [2.05, 4.69) is 118 Å². The lowest BCUT2D eigenvalue weighted by molar-refractivity contribution is -0.697. The quantitative estimate of drug-likeness (QED) is 0.347. The number of rotatable bonds is 8. The molecule has 0 spiro atoms. The summed E-state index contributed by atoms with van der Waals surface area (Å²) < 4.78 is 4.49. The molecule has 0 fully saturated rings. The van der Waals surface area contributed by atoms with Gasteiger partial charge in [-0.05, 0) is 58.1 Å². The average molecular weight is 447 g/mol. The smallest absolute Gasteiger partial charge is 0.173 e. The molecule has 0 aliphatic heterocycles. The van der Waals surface area contributed by atoms with Gasteiger partial charge in [-0.3, -0.25) is 0 Å². The normalized spacial score (nSPS) is 12.2. The Morgan fingerprint density at radius 3 is 1.58 bits per heavy atom. The molecule has 2 heterocycles. The van der Waals surface area contributed by atoms with Crippen LogP contribution in [0.25, 0.3) is 11.1 Å². The topological polar surface area (TPSA) is 28.0 Å². The van der Waals surface area contributed by atoms with Crippen LogP contribution < -0.4 is 9.13 Å². The van der Waals surface area contributed by atoms with Crippen LogP contribution in [0, 0.1) is 0 Å². The Bertz CT molecular complexity index is 991. The first-order chi connectivity index (χ1) is 15.6. The van der Waals surface area contributed by atoms with E-state index in [9.17, 15) is 0 Å². The van der Waals surface area contributed by atoms with Crippen molar-refractivity contribution in [1.29, 1.82) is 0 Å². The molecule has 176 valence electrons. The number of nitrogens with zero attached hydrogens (tertiary/aromatic N) is 2. The van der Waals surface area contributed by atoms with Crippen molar-refractivity contribution in [1.82, 2.24) is 0 Å². The van der Waals surface area contributed by atoms with Gasteiger partial charge in [0.05, 0.1) is 0 Å². The van der Waals surface area contributed by atoms with Crippen LogP contribution in [-0.2, 0) is 23.9 Å². The highest BCUT2D eigenvalue weighted by molar-refractivity contribution is 5.60. The van der Waals surface area contributed by atoms with Crippen molar-refractivity contribution >= 4 is 0 Å². The van der Waals surface area contributed by atoms with Crippen molar-refractivity contribution in [2.24, 2.45) is 0 Å². The summed E-state index contributed by atoms with van der Waals surface area (Å²) in [5.41, 5.74) is 6.89. The lowest BCUT2D eigenvalue weighted by Gasteiger charge is -2.25. The van der Waals surface area contributed by atoms with Crippen LogP contribution in [0.15, 0.2) is 67.3 Å². The summed E-state index contributed by atoms with van der Waals surface area (Å²) in [6, 6.07) is 15.9. The molecule has 1 aromatic carbocycles. The first kappa shape index (κ1) is 25.1. The molecule has 0 saturated carbocycles. The number of pyridine rings is 2. The first-order valence-electron chi connectivity index (χ1n) is 12.3. The van der Waals surface area contributed by atoms with E-state index in [-0.39, 0.29) is 17.4 Å². The Hall–Kier alpha value is -2.52. The maximum absolute atomic E-state index is 8.91. The predicted octanol–water partition coefficient (Wildman–Crippen LogP) is 5.73. The summed E-state index contributed by atoms with van der Waals surface area (Å²) in [5.74, 6) is 0. The highest BCUT2D eigenvalue weighted by Gasteiger charge is 2.21. The molecular formula is C30H42N2O+2. The molecule has 0 aliphatic carbocycles. The number of unbranched alkanes of at least 4 members (excludes halogenated alkanes) is 2. The molecule has 1 N–H and O–H groups in total. The third-order valence-corrected chi connectivity index (χ3v) is 6.28. The number of aromatic nitrogens is 2. The number of benzene rings is 1. The van der Waals surface area contributed by atoms with Gasteiger partial charge in [0.25, 0.3) is 0 Å². The average Bonchev–Trinajstić information content (AvgIpc) is 2.76. The van der Waals surface area contributed by atoms with Crippen LogP contribution in [0.3, 0.4) is 0 Å². The maximum Gasteiger partial charge on any atom is 0.173 e. The van der Waals surface area contributed by atoms with Gasteiger partial charge in [-0.2, -0.15) is 0 Å². The van der Waals surface area contributed by atoms with Crippen molar-refractivity contribution in [2.45, 2.75) is 84.7 Å². The van der Waals surface area contributed by atoms with Crippen LogP contribution in [0.1, 0.15) is 77.5 Å². The van der Waals surface area contributed by atoms with E-state index in [0.717, 1.165) is 32.4 Å². The van der Waals surface area contributed by atoms with Gasteiger partial charge >= 0.3 is 0 Å². The third-order valence-electron chi connectivity index (χ3n) is 6.28. The molecule has 0 unspecified atom stereocenters. The summed E-state index contributed by atoms with van der Waals surface area (Å²) in [7, 11) is 0. The second-order valence-electron chi connectivity index (χ2n) is 11.3. The molecule has 0 bridgehead atoms. The predicted molar refractivity (Wildman–Crippen MR) is 136 cm³/mol. The monoisotopic (exact) mass is 446 g/mol. The SMILES string of the molecule is CC(C)(C)c1cc(C[n+]2ccc(-c3cc[n+](CCCCCO)cc3)cc2)cc(C(C)(C)C)c1. The maximum atomic E-state index is 8.91. The molecule has 0 atom stereocenters. The zero-order valence-corrected chi connectivity index (χ0v) is 21.4. The molecule has 0 radical (unpaired) electrons. The molecule has 3 nitrogen and oxygen atoms in total. The summed E-state index contributed by atoms with van der Waals surface area (Å²) in [4.78, 5) is 0. The molecular weight excluding hydrogens is 404 g/mol. The molecule has 3 aromatic rings. The van der Waals surface area contributed by atoms with Gasteiger partial charge in [-0.25, -0.2) is 9.13 Å². The van der Waals surface area contributed by atoms with Gasteiger partial charge in [0.1, 0.15) is 6.54 Å². The molecule has 33 heavy (non-hydrogen) atoms. The van der Waals surface area contributed by atoms with Gasteiger partial charge in [-0.15, -0.1) is 0 Å². The molecule has 0 saturated heterocycles. The summed E-state index contributed by atoms with van der Waals surface area (Å²) in [6.07, 6.45) is 11.7. The van der Waals surface area contributed by atoms with Crippen molar-refractivity contribution in [3.8, 4) is 11.1 Å². The third kappa shape index (κ3) is 7.23. The van der Waals surface area contributed by atoms with Gasteiger partial charge in [0, 0.05) is 42.9 Å². The second-order valence-corrected chi connectivity index (χ2v) is 11.3. The van der Waals surface area contributed by atoms with Crippen LogP contribution in [0.5, 0.6) is 0 Å². The van der Waals surface area contributed by atoms with E-state index < -0.39 is 0 Å². The van der Waals surface area contributed by atoms with E-state index in [1.807, 2.05) is 0 Å². The molecule has 2 aromatic heterocycles. The minimum atomic E-state index is 0.132. The van der Waals surface area contributed by atoms with Crippen molar-refractivity contribution in [2.75, 3.05) is 6.61 Å². The number of aliphatic hydroxyl groups is 1. The highest BCUT2D eigenvalue weighted by Crippen LogP contribution is 2.30. The van der Waals surface area contributed by atoms with Gasteiger partial charge in [0.15, 0.2) is 31.3 Å². The number of hydrogen-bond donors (Lipinski definition) is 1. The molecule has 3 rings (SSSR count). The van der Waals surface area contributed by atoms with E-state index in [0.29, 0.717) is 0 Å². The summed E-state index contributed by atoms with van der Waals surface area (Å²) in [6.45, 7) is 15.9. The first-order valence-corrected chi connectivity index (χ1v) is 12.3. The second kappa shape index (κ2) is 10.6. The van der Waals surface area contributed by atoms with E-state index in [1.165, 1.54) is 27.8 Å². The van der Waals surface area contributed by atoms with Gasteiger partial charge < -0.3 is 5.11 Å². The Morgan fingerprint density at radius 2 is 1.12 bits per heavy atom. The molecule has 0 aliphatic rings. The van der Waals surface area contributed by atoms with Crippen molar-refractivity contribution in [3.05, 3.63) is 83.9 Å². The van der Waals surface area contributed by atoms with Crippen LogP contribution >= 0.6 is 0 Å². The van der Waals surface area contributed by atoms with E-state index in [1.54, 1.807) is 0 Å². The fraction of sp³-hybridized carbons (Fsp3) is 0.467. The largest absolute Gasteiger partial charge is 0.396 e. The van der Waals surface area contributed by atoms with Crippen molar-refractivity contribution < 1.29 is 14.2 Å². The number of hydrogen-bond acceptors (Lipinski definition) is 1. The fourth-order valence-electron chi connectivity index (χ4n) is 4.00. The van der Waals surface area contributed by atoms with E-state index in [4.69, 9.17) is 5.11 Å². The van der Waals surface area contributed by atoms with E-state index >= 15 is 0 Å². The lowest BCUT2D eigenvalue weighted by Crippen LogP contribution is -2.33. The minimum Gasteiger partial charge on any atom is -0.396 e. The van der Waals surface area contributed by atoms with Crippen LogP contribution in [0.2, 0.25) is 0 Å². The Morgan fingerprint density at radius 1 is 0.636 bits per heavy atom. The highest BCUT2D eigenvalue weighted by atomic mass is 16.2. The summed E-state index contributed by atoms with van der Waals surface area (Å²) >= 11 is 0. The minimum absolute atomic E-state index is 0.132.